The lowest BCUT2D eigenvalue weighted by molar-refractivity contribution is -0.385. The van der Waals surface area contributed by atoms with E-state index in [4.69, 9.17) is 4.74 Å². The van der Waals surface area contributed by atoms with Crippen molar-refractivity contribution in [1.82, 2.24) is 15.4 Å². The summed E-state index contributed by atoms with van der Waals surface area (Å²) >= 11 is 0. The van der Waals surface area contributed by atoms with E-state index >= 15 is 0 Å². The average molecular weight is 436 g/mol. The van der Waals surface area contributed by atoms with E-state index in [2.05, 4.69) is 20.3 Å². The third-order valence-electron chi connectivity index (χ3n) is 4.16. The molecule has 0 atom stereocenters. The Morgan fingerprint density at radius 1 is 1.17 bits per heavy atom. The summed E-state index contributed by atoms with van der Waals surface area (Å²) in [6.07, 6.45) is 0. The van der Waals surface area contributed by atoms with E-state index in [1.54, 1.807) is 14.2 Å². The number of aliphatic imine (C=N–C) groups is 1. The van der Waals surface area contributed by atoms with Gasteiger partial charge >= 0.3 is 0 Å². The average Bonchev–Trinajstić information content (AvgIpc) is 2.73. The lowest BCUT2D eigenvalue weighted by atomic mass is 10.1. The number of nitrogens with one attached hydrogen (secondary N) is 3. The van der Waals surface area contributed by atoms with Crippen LogP contribution in [0.5, 0.6) is 5.75 Å². The highest BCUT2D eigenvalue weighted by Crippen LogP contribution is 2.19. The van der Waals surface area contributed by atoms with Crippen LogP contribution in [0.25, 0.3) is 0 Å². The van der Waals surface area contributed by atoms with Crippen LogP contribution in [0.1, 0.15) is 11.1 Å². The van der Waals surface area contributed by atoms with Crippen LogP contribution >= 0.6 is 0 Å². The Hall–Kier alpha value is -3.18. The second-order valence-corrected chi connectivity index (χ2v) is 8.09. The Bertz CT molecular complexity index is 1020. The molecule has 0 fully saturated rings. The Kier molecular flexibility index (Phi) is 8.13. The fourth-order valence-corrected chi connectivity index (χ4v) is 3.68. The molecule has 0 aliphatic heterocycles. The maximum Gasteiger partial charge on any atom is 0.270 e. The molecule has 0 aliphatic carbocycles. The SMILES string of the molecule is CN=C(NCCNS(=O)(=O)c1cccc([N+](=O)[O-])c1)NCc1ccc(C)cc1OC. The van der Waals surface area contributed by atoms with Crippen molar-refractivity contribution >= 4 is 21.7 Å². The second kappa shape index (κ2) is 10.6. The minimum absolute atomic E-state index is 0.0690. The minimum atomic E-state index is -3.86. The van der Waals surface area contributed by atoms with Crippen LogP contribution in [-0.4, -0.2) is 46.5 Å². The Labute approximate surface area is 175 Å². The van der Waals surface area contributed by atoms with E-state index in [-0.39, 0.29) is 23.7 Å². The van der Waals surface area contributed by atoms with Crippen molar-refractivity contribution in [1.29, 1.82) is 0 Å². The molecule has 30 heavy (non-hydrogen) atoms. The fourth-order valence-electron chi connectivity index (χ4n) is 2.61. The van der Waals surface area contributed by atoms with Crippen LogP contribution in [-0.2, 0) is 16.6 Å². The van der Waals surface area contributed by atoms with E-state index in [9.17, 15) is 18.5 Å². The van der Waals surface area contributed by atoms with Crippen LogP contribution in [0.2, 0.25) is 0 Å². The Morgan fingerprint density at radius 2 is 1.93 bits per heavy atom. The number of non-ortho nitro benzene ring substituents is 1. The number of benzene rings is 2. The summed E-state index contributed by atoms with van der Waals surface area (Å²) in [6, 6.07) is 10.8. The molecule has 0 bridgehead atoms. The molecule has 0 aromatic heterocycles. The molecule has 3 N–H and O–H groups in total. The molecule has 0 spiro atoms. The number of nitro benzene ring substituents is 1. The maximum absolute atomic E-state index is 12.3. The van der Waals surface area contributed by atoms with Gasteiger partial charge in [-0.2, -0.15) is 0 Å². The molecule has 0 unspecified atom stereocenters. The van der Waals surface area contributed by atoms with E-state index in [0.717, 1.165) is 22.9 Å². The van der Waals surface area contributed by atoms with Gasteiger partial charge < -0.3 is 15.4 Å². The predicted octanol–water partition coefficient (Wildman–Crippen LogP) is 1.56. The third-order valence-corrected chi connectivity index (χ3v) is 5.62. The summed E-state index contributed by atoms with van der Waals surface area (Å²) in [7, 11) is -0.645. The topological polar surface area (TPSA) is 135 Å². The molecule has 2 rings (SSSR count). The highest BCUT2D eigenvalue weighted by molar-refractivity contribution is 7.89. The number of nitro groups is 1. The van der Waals surface area contributed by atoms with Gasteiger partial charge in [-0.15, -0.1) is 0 Å². The molecule has 2 aromatic carbocycles. The summed E-state index contributed by atoms with van der Waals surface area (Å²) in [5.74, 6) is 1.26. The number of aryl methyl sites for hydroxylation is 1. The van der Waals surface area contributed by atoms with Gasteiger partial charge in [-0.3, -0.25) is 15.1 Å². The van der Waals surface area contributed by atoms with Crippen molar-refractivity contribution in [2.45, 2.75) is 18.4 Å². The first-order valence-corrected chi connectivity index (χ1v) is 10.6. The normalized spacial score (nSPS) is 11.8. The number of nitrogens with zero attached hydrogens (tertiary/aromatic N) is 2. The van der Waals surface area contributed by atoms with Gasteiger partial charge in [0.25, 0.3) is 5.69 Å². The largest absolute Gasteiger partial charge is 0.496 e. The molecular formula is C19H25N5O5S. The van der Waals surface area contributed by atoms with Gasteiger partial charge in [-0.1, -0.05) is 18.2 Å². The fraction of sp³-hybridized carbons (Fsp3) is 0.316. The lowest BCUT2D eigenvalue weighted by Gasteiger charge is -2.14. The number of ether oxygens (including phenoxy) is 1. The first kappa shape index (κ1) is 23.1. The molecule has 162 valence electrons. The van der Waals surface area contributed by atoms with Crippen LogP contribution in [0.15, 0.2) is 52.4 Å². The predicted molar refractivity (Wildman–Crippen MR) is 114 cm³/mol. The van der Waals surface area contributed by atoms with Gasteiger partial charge in [0.2, 0.25) is 10.0 Å². The number of rotatable bonds is 9. The second-order valence-electron chi connectivity index (χ2n) is 6.32. The molecular weight excluding hydrogens is 410 g/mol. The third kappa shape index (κ3) is 6.42. The van der Waals surface area contributed by atoms with Crippen LogP contribution in [0.3, 0.4) is 0 Å². The first-order chi connectivity index (χ1) is 14.3. The lowest BCUT2D eigenvalue weighted by Crippen LogP contribution is -2.41. The highest BCUT2D eigenvalue weighted by Gasteiger charge is 2.17. The zero-order chi connectivity index (χ0) is 22.1. The molecule has 10 nitrogen and oxygen atoms in total. The summed E-state index contributed by atoms with van der Waals surface area (Å²) in [5.41, 5.74) is 1.76. The molecule has 2 aromatic rings. The van der Waals surface area contributed by atoms with Gasteiger partial charge in [0, 0.05) is 44.4 Å². The van der Waals surface area contributed by atoms with Crippen molar-refractivity contribution < 1.29 is 18.1 Å². The zero-order valence-electron chi connectivity index (χ0n) is 17.0. The number of hydrogen-bond acceptors (Lipinski definition) is 6. The van der Waals surface area contributed by atoms with Gasteiger partial charge in [0.15, 0.2) is 5.96 Å². The van der Waals surface area contributed by atoms with Gasteiger partial charge in [-0.05, 0) is 24.6 Å². The summed E-state index contributed by atoms with van der Waals surface area (Å²) in [5, 5.41) is 17.0. The number of hydrogen-bond donors (Lipinski definition) is 3. The zero-order valence-corrected chi connectivity index (χ0v) is 17.8. The summed E-state index contributed by atoms with van der Waals surface area (Å²) in [4.78, 5) is 14.1. The molecule has 0 saturated carbocycles. The smallest absolute Gasteiger partial charge is 0.270 e. The van der Waals surface area contributed by atoms with Crippen LogP contribution < -0.4 is 20.1 Å². The van der Waals surface area contributed by atoms with E-state index in [0.29, 0.717) is 12.5 Å². The standard InChI is InChI=1S/C19H25N5O5S/c1-14-7-8-15(18(11-14)29-3)13-22-19(20-2)21-9-10-23-30(27,28)17-6-4-5-16(12-17)24(25)26/h4-8,11-12,23H,9-10,13H2,1-3H3,(H2,20,21,22). The number of guanidine groups is 1. The van der Waals surface area contributed by atoms with E-state index < -0.39 is 14.9 Å². The number of methoxy groups -OCH3 is 1. The van der Waals surface area contributed by atoms with Gasteiger partial charge in [-0.25, -0.2) is 13.1 Å². The van der Waals surface area contributed by atoms with Crippen LogP contribution in [0.4, 0.5) is 5.69 Å². The molecule has 0 heterocycles. The Balaban J connectivity index is 1.86. The van der Waals surface area contributed by atoms with Gasteiger partial charge in [0.05, 0.1) is 16.9 Å². The van der Waals surface area contributed by atoms with Gasteiger partial charge in [0.1, 0.15) is 5.75 Å². The maximum atomic E-state index is 12.3. The summed E-state index contributed by atoms with van der Waals surface area (Å²) in [6.45, 7) is 2.79. The summed E-state index contributed by atoms with van der Waals surface area (Å²) < 4.78 is 32.4. The molecule has 0 amide bonds. The van der Waals surface area contributed by atoms with Crippen molar-refractivity contribution in [2.24, 2.45) is 4.99 Å². The molecule has 0 aliphatic rings. The van der Waals surface area contributed by atoms with Crippen molar-refractivity contribution in [3.8, 4) is 5.75 Å². The molecule has 0 saturated heterocycles. The highest BCUT2D eigenvalue weighted by atomic mass is 32.2. The van der Waals surface area contributed by atoms with Crippen LogP contribution in [0, 0.1) is 17.0 Å². The Morgan fingerprint density at radius 3 is 2.60 bits per heavy atom. The quantitative estimate of drug-likeness (QED) is 0.179. The minimum Gasteiger partial charge on any atom is -0.496 e. The molecule has 0 radical (unpaired) electrons. The monoisotopic (exact) mass is 435 g/mol. The van der Waals surface area contributed by atoms with Crippen molar-refractivity contribution in [3.05, 3.63) is 63.7 Å². The van der Waals surface area contributed by atoms with Crippen molar-refractivity contribution in [2.75, 3.05) is 27.2 Å². The first-order valence-electron chi connectivity index (χ1n) is 9.09. The van der Waals surface area contributed by atoms with Crippen molar-refractivity contribution in [3.63, 3.8) is 0 Å². The molecule has 11 heteroatoms. The van der Waals surface area contributed by atoms with E-state index in [1.165, 1.54) is 18.2 Å². The number of sulfonamides is 1. The van der Waals surface area contributed by atoms with E-state index in [1.807, 2.05) is 25.1 Å².